The summed E-state index contributed by atoms with van der Waals surface area (Å²) in [5, 5.41) is -0.0572. The zero-order valence-electron chi connectivity index (χ0n) is 20.6. The molecule has 1 atom stereocenters. The lowest BCUT2D eigenvalue weighted by atomic mass is 10.0. The van der Waals surface area contributed by atoms with Crippen LogP contribution in [0.3, 0.4) is 0 Å². The maximum atomic E-state index is 13.2. The van der Waals surface area contributed by atoms with Gasteiger partial charge in [-0.25, -0.2) is 18.2 Å². The standard InChI is InChI=1S/C22H28ClF3N6O4S/c1-14-12-30(8-9-32(14)19-17(23)10-15(11-27-19)22(24,25)26)16-4-6-31(7-5-16)37(35,36)18-13-28(2)21(34)29(3)20(18)33/h10-11,13-14,16H,4-9,12H2,1-3H3. The summed E-state index contributed by atoms with van der Waals surface area (Å²) in [4.78, 5) is 32.1. The lowest BCUT2D eigenvalue weighted by Crippen LogP contribution is -2.57. The number of pyridine rings is 1. The summed E-state index contributed by atoms with van der Waals surface area (Å²) >= 11 is 6.14. The van der Waals surface area contributed by atoms with Crippen LogP contribution in [-0.2, 0) is 30.3 Å². The number of halogens is 4. The van der Waals surface area contributed by atoms with Crippen molar-refractivity contribution in [3.05, 3.63) is 49.9 Å². The number of piperazine rings is 1. The van der Waals surface area contributed by atoms with Crippen molar-refractivity contribution in [1.82, 2.24) is 23.3 Å². The van der Waals surface area contributed by atoms with E-state index in [1.165, 1.54) is 18.4 Å². The predicted octanol–water partition coefficient (Wildman–Crippen LogP) is 1.51. The highest BCUT2D eigenvalue weighted by Crippen LogP contribution is 2.35. The van der Waals surface area contributed by atoms with Crippen molar-refractivity contribution in [1.29, 1.82) is 0 Å². The minimum Gasteiger partial charge on any atom is -0.350 e. The molecule has 0 bridgehead atoms. The molecule has 2 aromatic heterocycles. The largest absolute Gasteiger partial charge is 0.417 e. The van der Waals surface area contributed by atoms with Crippen LogP contribution < -0.4 is 16.1 Å². The first-order valence-corrected chi connectivity index (χ1v) is 13.5. The van der Waals surface area contributed by atoms with Crippen molar-refractivity contribution in [2.45, 2.75) is 42.9 Å². The van der Waals surface area contributed by atoms with Crippen molar-refractivity contribution < 1.29 is 21.6 Å². The first-order chi connectivity index (χ1) is 17.2. The van der Waals surface area contributed by atoms with Gasteiger partial charge in [-0.1, -0.05) is 11.6 Å². The molecule has 1 unspecified atom stereocenters. The summed E-state index contributed by atoms with van der Waals surface area (Å²) in [6, 6.07) is 0.915. The number of anilines is 1. The Balaban J connectivity index is 1.41. The van der Waals surface area contributed by atoms with Crippen LogP contribution in [0.25, 0.3) is 0 Å². The van der Waals surface area contributed by atoms with Crippen LogP contribution >= 0.6 is 11.6 Å². The summed E-state index contributed by atoms with van der Waals surface area (Å²) in [5.74, 6) is 0.307. The average Bonchev–Trinajstić information content (AvgIpc) is 2.84. The van der Waals surface area contributed by atoms with E-state index in [1.807, 2.05) is 11.8 Å². The van der Waals surface area contributed by atoms with E-state index in [0.717, 1.165) is 27.6 Å². The van der Waals surface area contributed by atoms with Crippen LogP contribution in [-0.4, -0.2) is 76.5 Å². The number of piperidine rings is 1. The number of rotatable bonds is 4. The fourth-order valence-corrected chi connectivity index (χ4v) is 6.86. The van der Waals surface area contributed by atoms with E-state index in [-0.39, 0.29) is 30.2 Å². The van der Waals surface area contributed by atoms with Crippen LogP contribution in [0.15, 0.2) is 32.9 Å². The molecule has 0 radical (unpaired) electrons. The van der Waals surface area contributed by atoms with Gasteiger partial charge in [0.05, 0.1) is 10.6 Å². The third-order valence-electron chi connectivity index (χ3n) is 7.05. The van der Waals surface area contributed by atoms with E-state index in [4.69, 9.17) is 11.6 Å². The molecule has 0 aromatic carbocycles. The monoisotopic (exact) mass is 564 g/mol. The second-order valence-corrected chi connectivity index (χ2v) is 11.8. The Labute approximate surface area is 216 Å². The second-order valence-electron chi connectivity index (χ2n) is 9.45. The Hall–Kier alpha value is -2.42. The van der Waals surface area contributed by atoms with Crippen LogP contribution in [0.4, 0.5) is 19.0 Å². The third kappa shape index (κ3) is 5.29. The summed E-state index contributed by atoms with van der Waals surface area (Å²) in [7, 11) is -1.44. The Morgan fingerprint density at radius 2 is 1.73 bits per heavy atom. The summed E-state index contributed by atoms with van der Waals surface area (Å²) in [6.45, 7) is 4.11. The maximum Gasteiger partial charge on any atom is 0.417 e. The lowest BCUT2D eigenvalue weighted by molar-refractivity contribution is -0.137. The molecule has 2 fully saturated rings. The number of nitrogens with zero attached hydrogens (tertiary/aromatic N) is 6. The third-order valence-corrected chi connectivity index (χ3v) is 9.21. The minimum atomic E-state index is -4.52. The van der Waals surface area contributed by atoms with E-state index < -0.39 is 37.9 Å². The summed E-state index contributed by atoms with van der Waals surface area (Å²) in [6.07, 6.45) is -1.57. The lowest BCUT2D eigenvalue weighted by Gasteiger charge is -2.46. The van der Waals surface area contributed by atoms with Crippen LogP contribution in [0.5, 0.6) is 0 Å². The number of hydrogen-bond donors (Lipinski definition) is 0. The topological polar surface area (TPSA) is 101 Å². The van der Waals surface area contributed by atoms with Gasteiger partial charge in [-0.15, -0.1) is 0 Å². The molecule has 2 aromatic rings. The number of sulfonamides is 1. The normalized spacial score (nSPS) is 20.9. The smallest absolute Gasteiger partial charge is 0.350 e. The van der Waals surface area contributed by atoms with E-state index >= 15 is 0 Å². The molecule has 2 saturated heterocycles. The zero-order valence-corrected chi connectivity index (χ0v) is 22.1. The summed E-state index contributed by atoms with van der Waals surface area (Å²) in [5.41, 5.74) is -2.36. The maximum absolute atomic E-state index is 13.2. The highest BCUT2D eigenvalue weighted by atomic mass is 35.5. The molecule has 4 heterocycles. The van der Waals surface area contributed by atoms with Gasteiger partial charge in [0.15, 0.2) is 4.90 Å². The molecule has 4 rings (SSSR count). The molecule has 15 heteroatoms. The van der Waals surface area contributed by atoms with Crippen LogP contribution in [0.1, 0.15) is 25.3 Å². The number of hydrogen-bond acceptors (Lipinski definition) is 7. The van der Waals surface area contributed by atoms with E-state index in [1.54, 1.807) is 0 Å². The van der Waals surface area contributed by atoms with E-state index in [2.05, 4.69) is 9.88 Å². The molecule has 204 valence electrons. The van der Waals surface area contributed by atoms with Gasteiger partial charge in [0, 0.05) is 71.3 Å². The Morgan fingerprint density at radius 1 is 1.08 bits per heavy atom. The molecule has 2 aliphatic heterocycles. The fraction of sp³-hybridized carbons (Fsp3) is 0.591. The van der Waals surface area contributed by atoms with Gasteiger partial charge in [0.1, 0.15) is 5.82 Å². The molecular weight excluding hydrogens is 537 g/mol. The van der Waals surface area contributed by atoms with Crippen LogP contribution in [0, 0.1) is 0 Å². The van der Waals surface area contributed by atoms with Gasteiger partial charge in [-0.05, 0) is 25.8 Å². The highest BCUT2D eigenvalue weighted by Gasteiger charge is 2.37. The highest BCUT2D eigenvalue weighted by molar-refractivity contribution is 7.89. The molecular formula is C22H28ClF3N6O4S. The molecule has 2 aliphatic rings. The SMILES string of the molecule is CC1CN(C2CCN(S(=O)(=O)c3cn(C)c(=O)n(C)c3=O)CC2)CCN1c1ncc(C(F)(F)F)cc1Cl. The Bertz CT molecular complexity index is 1400. The van der Waals surface area contributed by atoms with Gasteiger partial charge in [0.25, 0.3) is 5.56 Å². The molecule has 0 aliphatic carbocycles. The van der Waals surface area contributed by atoms with Crippen molar-refractivity contribution >= 4 is 27.4 Å². The Morgan fingerprint density at radius 3 is 2.30 bits per heavy atom. The first kappa shape index (κ1) is 27.6. The second kappa shape index (κ2) is 10.0. The molecule has 37 heavy (non-hydrogen) atoms. The van der Waals surface area contributed by atoms with Gasteiger partial charge in [0.2, 0.25) is 10.0 Å². The van der Waals surface area contributed by atoms with Crippen LogP contribution in [0.2, 0.25) is 5.02 Å². The number of aromatic nitrogens is 3. The quantitative estimate of drug-likeness (QED) is 0.555. The first-order valence-electron chi connectivity index (χ1n) is 11.7. The van der Waals surface area contributed by atoms with Gasteiger partial charge >= 0.3 is 11.9 Å². The molecule has 0 N–H and O–H groups in total. The number of aryl methyl sites for hydroxylation is 1. The van der Waals surface area contributed by atoms with Gasteiger partial charge < -0.3 is 9.47 Å². The molecule has 10 nitrogen and oxygen atoms in total. The van der Waals surface area contributed by atoms with E-state index in [0.29, 0.717) is 38.3 Å². The minimum absolute atomic E-state index is 0.0572. The van der Waals surface area contributed by atoms with Crippen molar-refractivity contribution in [3.8, 4) is 0 Å². The average molecular weight is 565 g/mol. The van der Waals surface area contributed by atoms with E-state index in [9.17, 15) is 31.2 Å². The van der Waals surface area contributed by atoms with Crippen molar-refractivity contribution in [3.63, 3.8) is 0 Å². The van der Waals surface area contributed by atoms with Gasteiger partial charge in [-0.2, -0.15) is 17.5 Å². The molecule has 0 saturated carbocycles. The Kier molecular flexibility index (Phi) is 7.49. The zero-order chi connectivity index (χ0) is 27.3. The molecule has 0 spiro atoms. The van der Waals surface area contributed by atoms with Crippen molar-refractivity contribution in [2.24, 2.45) is 14.1 Å². The molecule has 0 amide bonds. The van der Waals surface area contributed by atoms with Crippen molar-refractivity contribution in [2.75, 3.05) is 37.6 Å². The number of alkyl halides is 3. The van der Waals surface area contributed by atoms with Gasteiger partial charge in [-0.3, -0.25) is 14.3 Å². The summed E-state index contributed by atoms with van der Waals surface area (Å²) < 4.78 is 68.3. The fourth-order valence-electron chi connectivity index (χ4n) is 4.97. The predicted molar refractivity (Wildman–Crippen MR) is 131 cm³/mol.